The molecule has 0 heterocycles. The monoisotopic (exact) mass is 567 g/mol. The lowest BCUT2D eigenvalue weighted by atomic mass is 9.78. The van der Waals surface area contributed by atoms with Gasteiger partial charge < -0.3 is 54.0 Å². The number of rotatable bonds is 30. The maximum Gasteiger partial charge on any atom is 0.188 e. The minimum atomic E-state index is -0.836. The quantitative estimate of drug-likeness (QED) is 0.0468. The molecule has 232 valence electrons. The summed E-state index contributed by atoms with van der Waals surface area (Å²) in [5.41, 5.74) is -0.754. The fraction of sp³-hybridized carbons (Fsp3) is 0.852. The van der Waals surface area contributed by atoms with E-state index in [9.17, 15) is 15.3 Å². The van der Waals surface area contributed by atoms with Crippen molar-refractivity contribution in [3.63, 3.8) is 0 Å². The van der Waals surface area contributed by atoms with Crippen LogP contribution in [0, 0.1) is 5.41 Å². The Morgan fingerprint density at radius 1 is 0.769 bits per heavy atom. The van der Waals surface area contributed by atoms with Gasteiger partial charge in [-0.05, 0) is 32.1 Å². The van der Waals surface area contributed by atoms with E-state index in [4.69, 9.17) is 38.6 Å². The molecule has 39 heavy (non-hydrogen) atoms. The summed E-state index contributed by atoms with van der Waals surface area (Å²) in [5, 5.41) is 50.2. The summed E-state index contributed by atoms with van der Waals surface area (Å²) >= 11 is 0. The summed E-state index contributed by atoms with van der Waals surface area (Å²) in [6, 6.07) is 0. The number of hydrogen-bond acceptors (Lipinski definition) is 12. The average Bonchev–Trinajstić information content (AvgIpc) is 2.91. The maximum atomic E-state index is 11.2. The third-order valence-electron chi connectivity index (χ3n) is 6.26. The number of aliphatic hydroxyl groups is 5. The summed E-state index contributed by atoms with van der Waals surface area (Å²) in [4.78, 5) is 1.75. The molecule has 0 rings (SSSR count). The van der Waals surface area contributed by atoms with Gasteiger partial charge in [0.2, 0.25) is 0 Å². The van der Waals surface area contributed by atoms with Crippen molar-refractivity contribution in [1.82, 2.24) is 4.90 Å². The SMILES string of the molecule is C=COCOCCCCC(O)C(CC)(COCC(O)CCOCOC=C)COCC(O)CN(CCO)CCO. The number of unbranched alkanes of at least 4 members (excludes halogenated alkanes) is 1. The molecular weight excluding hydrogens is 514 g/mol. The fourth-order valence-corrected chi connectivity index (χ4v) is 3.86. The Bertz CT molecular complexity index is 566. The predicted molar refractivity (Wildman–Crippen MR) is 146 cm³/mol. The Morgan fingerprint density at radius 3 is 1.87 bits per heavy atom. The van der Waals surface area contributed by atoms with Gasteiger partial charge in [-0.15, -0.1) is 0 Å². The first kappa shape index (κ1) is 37.7. The van der Waals surface area contributed by atoms with Crippen molar-refractivity contribution < 1.29 is 54.0 Å². The van der Waals surface area contributed by atoms with Crippen molar-refractivity contribution in [2.24, 2.45) is 5.41 Å². The number of hydrogen-bond donors (Lipinski definition) is 5. The smallest absolute Gasteiger partial charge is 0.188 e. The van der Waals surface area contributed by atoms with Gasteiger partial charge >= 0.3 is 0 Å². The van der Waals surface area contributed by atoms with E-state index in [1.165, 1.54) is 12.5 Å². The Labute approximate surface area is 233 Å². The van der Waals surface area contributed by atoms with Crippen LogP contribution in [0.5, 0.6) is 0 Å². The minimum Gasteiger partial charge on any atom is -0.476 e. The number of aliphatic hydroxyl groups excluding tert-OH is 5. The van der Waals surface area contributed by atoms with E-state index in [1.54, 1.807) is 4.90 Å². The highest BCUT2D eigenvalue weighted by Gasteiger charge is 2.37. The highest BCUT2D eigenvalue weighted by atomic mass is 16.7. The van der Waals surface area contributed by atoms with E-state index in [1.807, 2.05) is 6.92 Å². The highest BCUT2D eigenvalue weighted by Crippen LogP contribution is 2.31. The molecule has 12 nitrogen and oxygen atoms in total. The van der Waals surface area contributed by atoms with Crippen molar-refractivity contribution >= 4 is 0 Å². The lowest BCUT2D eigenvalue weighted by Gasteiger charge is -2.37. The van der Waals surface area contributed by atoms with Crippen molar-refractivity contribution in [2.45, 2.75) is 57.3 Å². The molecule has 0 aliphatic carbocycles. The van der Waals surface area contributed by atoms with Crippen LogP contribution >= 0.6 is 0 Å². The number of ether oxygens (including phenoxy) is 6. The highest BCUT2D eigenvalue weighted by molar-refractivity contribution is 4.86. The Hall–Kier alpha value is -1.32. The zero-order valence-electron chi connectivity index (χ0n) is 23.7. The molecule has 5 N–H and O–H groups in total. The molecule has 0 aromatic carbocycles. The molecule has 0 saturated heterocycles. The molecule has 0 spiro atoms. The Kier molecular flexibility index (Phi) is 24.8. The van der Waals surface area contributed by atoms with Gasteiger partial charge in [-0.3, -0.25) is 4.90 Å². The largest absolute Gasteiger partial charge is 0.476 e. The van der Waals surface area contributed by atoms with Gasteiger partial charge in [-0.25, -0.2) is 0 Å². The molecular formula is C27H53NO11. The summed E-state index contributed by atoms with van der Waals surface area (Å²) in [6.07, 6.45) is 3.11. The van der Waals surface area contributed by atoms with E-state index in [-0.39, 0.29) is 59.8 Å². The number of nitrogens with zero attached hydrogens (tertiary/aromatic N) is 1. The van der Waals surface area contributed by atoms with Gasteiger partial charge in [0.15, 0.2) is 13.6 Å². The van der Waals surface area contributed by atoms with E-state index >= 15 is 0 Å². The second-order valence-electron chi connectivity index (χ2n) is 9.32. The van der Waals surface area contributed by atoms with Gasteiger partial charge in [-0.1, -0.05) is 20.1 Å². The van der Waals surface area contributed by atoms with E-state index in [0.29, 0.717) is 52.0 Å². The van der Waals surface area contributed by atoms with Crippen molar-refractivity contribution in [3.8, 4) is 0 Å². The molecule has 0 aliphatic heterocycles. The molecule has 0 bridgehead atoms. The van der Waals surface area contributed by atoms with Crippen LogP contribution < -0.4 is 0 Å². The predicted octanol–water partition coefficient (Wildman–Crippen LogP) is 0.614. The average molecular weight is 568 g/mol. The maximum absolute atomic E-state index is 11.2. The molecule has 0 aliphatic rings. The summed E-state index contributed by atoms with van der Waals surface area (Å²) in [6.45, 7) is 10.9. The molecule has 4 unspecified atom stereocenters. The van der Waals surface area contributed by atoms with Gasteiger partial charge in [0, 0.05) is 25.0 Å². The minimum absolute atomic E-state index is 0.0196. The zero-order chi connectivity index (χ0) is 29.2. The van der Waals surface area contributed by atoms with E-state index in [0.717, 1.165) is 6.42 Å². The third kappa shape index (κ3) is 19.4. The van der Waals surface area contributed by atoms with Crippen LogP contribution in [0.25, 0.3) is 0 Å². The Morgan fingerprint density at radius 2 is 1.33 bits per heavy atom. The molecule has 0 radical (unpaired) electrons. The third-order valence-corrected chi connectivity index (χ3v) is 6.26. The first-order chi connectivity index (χ1) is 18.9. The lowest BCUT2D eigenvalue weighted by molar-refractivity contribution is -0.117. The van der Waals surface area contributed by atoms with Crippen LogP contribution in [-0.4, -0.2) is 135 Å². The molecule has 0 fully saturated rings. The van der Waals surface area contributed by atoms with Gasteiger partial charge in [0.25, 0.3) is 0 Å². The van der Waals surface area contributed by atoms with Gasteiger partial charge in [0.05, 0.1) is 83.7 Å². The zero-order valence-corrected chi connectivity index (χ0v) is 23.7. The first-order valence-corrected chi connectivity index (χ1v) is 13.6. The first-order valence-electron chi connectivity index (χ1n) is 13.6. The fourth-order valence-electron chi connectivity index (χ4n) is 3.86. The summed E-state index contributed by atoms with van der Waals surface area (Å²) in [7, 11) is 0. The van der Waals surface area contributed by atoms with Gasteiger partial charge in [0.1, 0.15) is 0 Å². The van der Waals surface area contributed by atoms with Crippen LogP contribution in [0.3, 0.4) is 0 Å². The molecule has 0 amide bonds. The molecule has 4 atom stereocenters. The van der Waals surface area contributed by atoms with E-state index < -0.39 is 23.7 Å². The molecule has 12 heteroatoms. The molecule has 0 aromatic heterocycles. The van der Waals surface area contributed by atoms with Crippen molar-refractivity contribution in [1.29, 1.82) is 0 Å². The van der Waals surface area contributed by atoms with Crippen LogP contribution in [-0.2, 0) is 28.4 Å². The second-order valence-corrected chi connectivity index (χ2v) is 9.32. The van der Waals surface area contributed by atoms with Crippen molar-refractivity contribution in [2.75, 3.05) is 86.1 Å². The van der Waals surface area contributed by atoms with Crippen molar-refractivity contribution in [3.05, 3.63) is 25.7 Å². The van der Waals surface area contributed by atoms with Crippen LogP contribution in [0.15, 0.2) is 25.7 Å². The normalized spacial score (nSPS) is 15.5. The van der Waals surface area contributed by atoms with Crippen LogP contribution in [0.1, 0.15) is 39.0 Å². The topological polar surface area (TPSA) is 160 Å². The molecule has 0 aromatic rings. The summed E-state index contributed by atoms with van der Waals surface area (Å²) < 4.78 is 32.1. The summed E-state index contributed by atoms with van der Waals surface area (Å²) in [5.74, 6) is 0. The lowest BCUT2D eigenvalue weighted by Crippen LogP contribution is -2.45. The molecule has 0 saturated carbocycles. The van der Waals surface area contributed by atoms with Crippen LogP contribution in [0.4, 0.5) is 0 Å². The van der Waals surface area contributed by atoms with Crippen LogP contribution in [0.2, 0.25) is 0 Å². The van der Waals surface area contributed by atoms with Gasteiger partial charge in [-0.2, -0.15) is 0 Å². The second kappa shape index (κ2) is 25.6. The van der Waals surface area contributed by atoms with E-state index in [2.05, 4.69) is 13.2 Å². The standard InChI is InChI=1S/C27H53NO11/c1-4-27(26(33)9-7-8-15-36-22-34-5-2,20-38-18-24(31)10-16-37-23-35-6-3)21-39-19-25(32)17-28(11-13-29)12-14-30/h5-6,24-26,29-33H,2-4,7-23H2,1H3. The Balaban J connectivity index is 4.90.